The number of carbonyl (C=O) groups excluding carboxylic acids is 1. The Morgan fingerprint density at radius 2 is 1.69 bits per heavy atom. The second kappa shape index (κ2) is 7.25. The zero-order chi connectivity index (χ0) is 12.7. The highest BCUT2D eigenvalue weighted by Crippen LogP contribution is 2.19. The molecule has 0 spiro atoms. The molecule has 0 aliphatic carbocycles. The third-order valence-electron chi connectivity index (χ3n) is 3.04. The molecule has 0 saturated carbocycles. The van der Waals surface area contributed by atoms with E-state index in [2.05, 4.69) is 19.2 Å². The van der Waals surface area contributed by atoms with E-state index >= 15 is 0 Å². The third-order valence-corrected chi connectivity index (χ3v) is 3.04. The van der Waals surface area contributed by atoms with Crippen LogP contribution in [0.2, 0.25) is 0 Å². The van der Waals surface area contributed by atoms with Crippen molar-refractivity contribution in [3.05, 3.63) is 0 Å². The number of hydrogen-bond donors (Lipinski definition) is 2. The Labute approximate surface area is 97.4 Å². The minimum absolute atomic E-state index is 0.0264. The van der Waals surface area contributed by atoms with Gasteiger partial charge < -0.3 is 10.4 Å². The molecule has 0 aromatic rings. The molecular formula is C12H23NO3. The average Bonchev–Trinajstić information content (AvgIpc) is 2.17. The Hall–Kier alpha value is -1.06. The Kier molecular flexibility index (Phi) is 6.77. The predicted molar refractivity (Wildman–Crippen MR) is 63.1 cm³/mol. The van der Waals surface area contributed by atoms with E-state index in [-0.39, 0.29) is 24.3 Å². The number of hydrogen-bond acceptors (Lipinski definition) is 2. The summed E-state index contributed by atoms with van der Waals surface area (Å²) < 4.78 is 0. The lowest BCUT2D eigenvalue weighted by Crippen LogP contribution is -2.39. The Balaban J connectivity index is 4.18. The van der Waals surface area contributed by atoms with Crippen molar-refractivity contribution in [2.24, 2.45) is 11.8 Å². The molecule has 0 saturated heterocycles. The zero-order valence-electron chi connectivity index (χ0n) is 10.6. The summed E-state index contributed by atoms with van der Waals surface area (Å²) in [6, 6.07) is -0.304. The van der Waals surface area contributed by atoms with Crippen LogP contribution in [0.15, 0.2) is 0 Å². The number of carboxylic acid groups (broad SMARTS) is 1. The molecule has 2 unspecified atom stereocenters. The number of carboxylic acids is 1. The predicted octanol–water partition coefficient (Wildman–Crippen LogP) is 2.04. The first-order valence-corrected chi connectivity index (χ1v) is 5.94. The van der Waals surface area contributed by atoms with E-state index in [1.54, 1.807) is 6.92 Å². The maximum absolute atomic E-state index is 11.8. The molecular weight excluding hydrogens is 206 g/mol. The second-order valence-electron chi connectivity index (χ2n) is 4.37. The molecule has 0 aliphatic rings. The van der Waals surface area contributed by atoms with E-state index in [9.17, 15) is 9.59 Å². The van der Waals surface area contributed by atoms with E-state index in [1.165, 1.54) is 0 Å². The van der Waals surface area contributed by atoms with Crippen molar-refractivity contribution in [2.75, 3.05) is 0 Å². The highest BCUT2D eigenvalue weighted by atomic mass is 16.4. The Bertz CT molecular complexity index is 236. The van der Waals surface area contributed by atoms with Crippen LogP contribution >= 0.6 is 0 Å². The van der Waals surface area contributed by atoms with E-state index < -0.39 is 5.97 Å². The quantitative estimate of drug-likeness (QED) is 0.702. The van der Waals surface area contributed by atoms with Crippen LogP contribution in [0.1, 0.15) is 47.0 Å². The lowest BCUT2D eigenvalue weighted by molar-refractivity contribution is -0.137. The molecule has 0 radical (unpaired) electrons. The fraction of sp³-hybridized carbons (Fsp3) is 0.833. The van der Waals surface area contributed by atoms with Gasteiger partial charge in [0.2, 0.25) is 5.91 Å². The molecule has 0 rings (SSSR count). The Morgan fingerprint density at radius 1 is 1.19 bits per heavy atom. The summed E-state index contributed by atoms with van der Waals surface area (Å²) in [6.45, 7) is 7.75. The third kappa shape index (κ3) is 5.14. The van der Waals surface area contributed by atoms with Gasteiger partial charge in [0.25, 0.3) is 0 Å². The Morgan fingerprint density at radius 3 is 2.06 bits per heavy atom. The molecule has 0 aromatic carbocycles. The molecule has 0 bridgehead atoms. The maximum atomic E-state index is 11.8. The fourth-order valence-electron chi connectivity index (χ4n) is 1.90. The molecule has 1 amide bonds. The summed E-state index contributed by atoms with van der Waals surface area (Å²) in [4.78, 5) is 22.2. The topological polar surface area (TPSA) is 66.4 Å². The molecule has 4 nitrogen and oxygen atoms in total. The number of carbonyl (C=O) groups is 2. The summed E-state index contributed by atoms with van der Waals surface area (Å²) in [5.74, 6) is -0.603. The molecule has 94 valence electrons. The van der Waals surface area contributed by atoms with Crippen LogP contribution in [0.3, 0.4) is 0 Å². The van der Waals surface area contributed by atoms with Gasteiger partial charge in [-0.05, 0) is 12.8 Å². The number of amides is 1. The van der Waals surface area contributed by atoms with Crippen LogP contribution in [0.4, 0.5) is 0 Å². The SMILES string of the molecule is CCC(CC)C(C)C(=O)NC(C)CC(=O)O. The summed E-state index contributed by atoms with van der Waals surface area (Å²) in [5, 5.41) is 11.3. The van der Waals surface area contributed by atoms with Gasteiger partial charge in [0, 0.05) is 12.0 Å². The van der Waals surface area contributed by atoms with E-state index in [0.29, 0.717) is 5.92 Å². The lowest BCUT2D eigenvalue weighted by atomic mass is 9.88. The molecule has 0 aromatic heterocycles. The van der Waals surface area contributed by atoms with Crippen LogP contribution in [-0.2, 0) is 9.59 Å². The highest BCUT2D eigenvalue weighted by Gasteiger charge is 2.22. The lowest BCUT2D eigenvalue weighted by Gasteiger charge is -2.22. The summed E-state index contributed by atoms with van der Waals surface area (Å²) >= 11 is 0. The van der Waals surface area contributed by atoms with Gasteiger partial charge in [0.15, 0.2) is 0 Å². The molecule has 16 heavy (non-hydrogen) atoms. The van der Waals surface area contributed by atoms with Crippen molar-refractivity contribution in [1.29, 1.82) is 0 Å². The smallest absolute Gasteiger partial charge is 0.305 e. The molecule has 0 heterocycles. The van der Waals surface area contributed by atoms with Gasteiger partial charge in [-0.25, -0.2) is 0 Å². The fourth-order valence-corrected chi connectivity index (χ4v) is 1.90. The van der Waals surface area contributed by atoms with Crippen molar-refractivity contribution in [3.63, 3.8) is 0 Å². The standard InChI is InChI=1S/C12H23NO3/c1-5-10(6-2)9(4)12(16)13-8(3)7-11(14)15/h8-10H,5-7H2,1-4H3,(H,13,16)(H,14,15). The van der Waals surface area contributed by atoms with Gasteiger partial charge in [-0.3, -0.25) is 9.59 Å². The first-order chi connectivity index (χ1) is 7.42. The van der Waals surface area contributed by atoms with E-state index in [0.717, 1.165) is 12.8 Å². The highest BCUT2D eigenvalue weighted by molar-refractivity contribution is 5.79. The first kappa shape index (κ1) is 14.9. The molecule has 2 N–H and O–H groups in total. The van der Waals surface area contributed by atoms with Crippen molar-refractivity contribution in [2.45, 2.75) is 53.0 Å². The van der Waals surface area contributed by atoms with Crippen molar-refractivity contribution in [3.8, 4) is 0 Å². The van der Waals surface area contributed by atoms with Crippen LogP contribution in [0.5, 0.6) is 0 Å². The van der Waals surface area contributed by atoms with Crippen LogP contribution in [0.25, 0.3) is 0 Å². The summed E-state index contributed by atoms with van der Waals surface area (Å²) in [7, 11) is 0. The number of aliphatic carboxylic acids is 1. The van der Waals surface area contributed by atoms with Gasteiger partial charge in [-0.1, -0.05) is 33.6 Å². The van der Waals surface area contributed by atoms with Gasteiger partial charge in [0.05, 0.1) is 6.42 Å². The van der Waals surface area contributed by atoms with Gasteiger partial charge in [0.1, 0.15) is 0 Å². The van der Waals surface area contributed by atoms with Crippen LogP contribution in [-0.4, -0.2) is 23.0 Å². The molecule has 0 fully saturated rings. The van der Waals surface area contributed by atoms with Crippen LogP contribution < -0.4 is 5.32 Å². The molecule has 0 aliphatic heterocycles. The number of nitrogens with one attached hydrogen (secondary N) is 1. The second-order valence-corrected chi connectivity index (χ2v) is 4.37. The maximum Gasteiger partial charge on any atom is 0.305 e. The van der Waals surface area contributed by atoms with E-state index in [4.69, 9.17) is 5.11 Å². The summed E-state index contributed by atoms with van der Waals surface area (Å²) in [6.07, 6.45) is 1.91. The van der Waals surface area contributed by atoms with Crippen molar-refractivity contribution < 1.29 is 14.7 Å². The summed E-state index contributed by atoms with van der Waals surface area (Å²) in [5.41, 5.74) is 0. The minimum Gasteiger partial charge on any atom is -0.481 e. The largest absolute Gasteiger partial charge is 0.481 e. The first-order valence-electron chi connectivity index (χ1n) is 5.94. The molecule has 2 atom stereocenters. The van der Waals surface area contributed by atoms with Gasteiger partial charge in [-0.2, -0.15) is 0 Å². The molecule has 4 heteroatoms. The van der Waals surface area contributed by atoms with Crippen LogP contribution in [0, 0.1) is 11.8 Å². The van der Waals surface area contributed by atoms with Crippen molar-refractivity contribution >= 4 is 11.9 Å². The number of rotatable bonds is 7. The van der Waals surface area contributed by atoms with Crippen molar-refractivity contribution in [1.82, 2.24) is 5.32 Å². The average molecular weight is 229 g/mol. The monoisotopic (exact) mass is 229 g/mol. The van der Waals surface area contributed by atoms with E-state index in [1.807, 2.05) is 6.92 Å². The minimum atomic E-state index is -0.886. The van der Waals surface area contributed by atoms with Gasteiger partial charge in [-0.15, -0.1) is 0 Å². The zero-order valence-corrected chi connectivity index (χ0v) is 10.6. The van der Waals surface area contributed by atoms with Gasteiger partial charge >= 0.3 is 5.97 Å². The normalized spacial score (nSPS) is 14.6.